The van der Waals surface area contributed by atoms with Crippen LogP contribution in [0.3, 0.4) is 0 Å². The fourth-order valence-electron chi connectivity index (χ4n) is 1.70. The van der Waals surface area contributed by atoms with Crippen LogP contribution >= 0.6 is 12.0 Å². The van der Waals surface area contributed by atoms with Gasteiger partial charge in [-0.2, -0.15) is 13.2 Å². The lowest BCUT2D eigenvalue weighted by molar-refractivity contribution is -0.0369. The zero-order valence-corrected chi connectivity index (χ0v) is 9.68. The molecule has 0 bridgehead atoms. The van der Waals surface area contributed by atoms with Crippen LogP contribution in [-0.4, -0.2) is 12.1 Å². The van der Waals surface area contributed by atoms with Crippen molar-refractivity contribution >= 4 is 12.0 Å². The third-order valence-electron chi connectivity index (χ3n) is 2.39. The van der Waals surface area contributed by atoms with Crippen LogP contribution in [0.5, 0.6) is 5.75 Å². The Bertz CT molecular complexity index is 375. The monoisotopic (exact) mass is 264 g/mol. The molecule has 1 saturated heterocycles. The molecule has 0 N–H and O–H groups in total. The van der Waals surface area contributed by atoms with E-state index < -0.39 is 17.6 Å². The summed E-state index contributed by atoms with van der Waals surface area (Å²) >= 11 is -0.503. The summed E-state index contributed by atoms with van der Waals surface area (Å²) in [4.78, 5) is 0. The van der Waals surface area contributed by atoms with Crippen molar-refractivity contribution in [1.29, 1.82) is 0 Å². The molecule has 6 heteroatoms. The average Bonchev–Trinajstić information content (AvgIpc) is 2.79. The fraction of sp³-hybridized carbons (Fsp3) is 0.455. The van der Waals surface area contributed by atoms with E-state index in [-0.39, 0.29) is 11.9 Å². The fourth-order valence-corrected chi connectivity index (χ4v) is 2.00. The summed E-state index contributed by atoms with van der Waals surface area (Å²) in [5.41, 5.74) is -3.53. The first kappa shape index (κ1) is 12.6. The SMILES string of the molecule is FC(F)(F)SOc1cccc(C2CCCO2)c1. The molecule has 2 nitrogen and oxygen atoms in total. The van der Waals surface area contributed by atoms with E-state index in [1.807, 2.05) is 6.07 Å². The normalized spacial score (nSPS) is 20.5. The van der Waals surface area contributed by atoms with E-state index in [0.717, 1.165) is 18.4 Å². The number of ether oxygens (including phenoxy) is 1. The molecule has 1 heterocycles. The van der Waals surface area contributed by atoms with E-state index in [1.165, 1.54) is 6.07 Å². The van der Waals surface area contributed by atoms with Crippen molar-refractivity contribution in [1.82, 2.24) is 0 Å². The highest BCUT2D eigenvalue weighted by atomic mass is 32.2. The number of hydrogen-bond acceptors (Lipinski definition) is 3. The Kier molecular flexibility index (Phi) is 3.83. The number of benzene rings is 1. The first-order chi connectivity index (χ1) is 8.04. The maximum Gasteiger partial charge on any atom is 0.479 e. The lowest BCUT2D eigenvalue weighted by Crippen LogP contribution is -2.03. The van der Waals surface area contributed by atoms with E-state index in [9.17, 15) is 13.2 Å². The van der Waals surface area contributed by atoms with Gasteiger partial charge in [0.25, 0.3) is 0 Å². The van der Waals surface area contributed by atoms with Gasteiger partial charge in [-0.1, -0.05) is 12.1 Å². The zero-order valence-electron chi connectivity index (χ0n) is 8.87. The minimum absolute atomic E-state index is 0.0190. The number of hydrogen-bond donors (Lipinski definition) is 0. The first-order valence-corrected chi connectivity index (χ1v) is 5.93. The second-order valence-corrected chi connectivity index (χ2v) is 4.48. The van der Waals surface area contributed by atoms with Gasteiger partial charge in [-0.25, -0.2) is 0 Å². The molecule has 0 aliphatic carbocycles. The van der Waals surface area contributed by atoms with Gasteiger partial charge in [0, 0.05) is 6.61 Å². The third kappa shape index (κ3) is 3.81. The molecule has 1 atom stereocenters. The quantitative estimate of drug-likeness (QED) is 0.766. The number of rotatable bonds is 3. The Morgan fingerprint density at radius 3 is 2.82 bits per heavy atom. The van der Waals surface area contributed by atoms with Gasteiger partial charge in [0.05, 0.1) is 6.10 Å². The van der Waals surface area contributed by atoms with Gasteiger partial charge in [-0.15, -0.1) is 0 Å². The highest BCUT2D eigenvalue weighted by Crippen LogP contribution is 2.35. The molecule has 1 unspecified atom stereocenters. The summed E-state index contributed by atoms with van der Waals surface area (Å²) < 4.78 is 45.9. The molecule has 0 aromatic heterocycles. The van der Waals surface area contributed by atoms with Crippen molar-refractivity contribution in [2.24, 2.45) is 0 Å². The summed E-state index contributed by atoms with van der Waals surface area (Å²) in [6, 6.07) is 6.59. The van der Waals surface area contributed by atoms with Gasteiger partial charge < -0.3 is 8.92 Å². The maximum atomic E-state index is 12.0. The predicted molar refractivity (Wildman–Crippen MR) is 58.6 cm³/mol. The number of alkyl halides is 3. The largest absolute Gasteiger partial charge is 0.479 e. The van der Waals surface area contributed by atoms with Gasteiger partial charge in [0.1, 0.15) is 5.75 Å². The van der Waals surface area contributed by atoms with Crippen LogP contribution in [0.2, 0.25) is 0 Å². The Labute approximate surface area is 101 Å². The Morgan fingerprint density at radius 1 is 1.35 bits per heavy atom. The molecule has 1 aromatic rings. The van der Waals surface area contributed by atoms with Crippen molar-refractivity contribution in [2.45, 2.75) is 24.5 Å². The molecular weight excluding hydrogens is 253 g/mol. The lowest BCUT2D eigenvalue weighted by Gasteiger charge is -2.11. The molecule has 0 radical (unpaired) electrons. The zero-order chi connectivity index (χ0) is 12.3. The minimum Gasteiger partial charge on any atom is -0.417 e. The van der Waals surface area contributed by atoms with Crippen molar-refractivity contribution in [3.63, 3.8) is 0 Å². The Morgan fingerprint density at radius 2 is 2.18 bits per heavy atom. The summed E-state index contributed by atoms with van der Waals surface area (Å²) in [5.74, 6) is 0.195. The van der Waals surface area contributed by atoms with Gasteiger partial charge in [-0.3, -0.25) is 0 Å². The summed E-state index contributed by atoms with van der Waals surface area (Å²) in [6.45, 7) is 0.701. The standard InChI is InChI=1S/C11H11F3O2S/c12-11(13,14)17-16-9-4-1-3-8(7-9)10-5-2-6-15-10/h1,3-4,7,10H,2,5-6H2. The van der Waals surface area contributed by atoms with Crippen molar-refractivity contribution in [3.8, 4) is 5.75 Å². The Balaban J connectivity index is 2.01. The van der Waals surface area contributed by atoms with Crippen molar-refractivity contribution in [2.75, 3.05) is 6.61 Å². The molecule has 1 aromatic carbocycles. The van der Waals surface area contributed by atoms with Crippen molar-refractivity contribution < 1.29 is 22.1 Å². The second kappa shape index (κ2) is 5.18. The van der Waals surface area contributed by atoms with Crippen LogP contribution in [-0.2, 0) is 4.74 Å². The summed E-state index contributed by atoms with van der Waals surface area (Å²) in [6.07, 6.45) is 1.86. The van der Waals surface area contributed by atoms with Gasteiger partial charge >= 0.3 is 5.51 Å². The van der Waals surface area contributed by atoms with Crippen molar-refractivity contribution in [3.05, 3.63) is 29.8 Å². The molecule has 1 fully saturated rings. The molecule has 0 saturated carbocycles. The van der Waals surface area contributed by atoms with Gasteiger partial charge in [-0.05, 0) is 30.5 Å². The molecule has 94 valence electrons. The van der Waals surface area contributed by atoms with E-state index in [4.69, 9.17) is 4.74 Å². The molecule has 1 aliphatic rings. The third-order valence-corrected chi connectivity index (χ3v) is 2.86. The predicted octanol–water partition coefficient (Wildman–Crippen LogP) is 4.08. The maximum absolute atomic E-state index is 12.0. The van der Waals surface area contributed by atoms with Crippen LogP contribution in [0.4, 0.5) is 13.2 Å². The lowest BCUT2D eigenvalue weighted by atomic mass is 10.1. The minimum atomic E-state index is -4.39. The highest BCUT2D eigenvalue weighted by molar-refractivity contribution is 7.95. The molecule has 2 rings (SSSR count). The van der Waals surface area contributed by atoms with E-state index in [0.29, 0.717) is 6.61 Å². The number of halogens is 3. The molecule has 0 amide bonds. The highest BCUT2D eigenvalue weighted by Gasteiger charge is 2.31. The molecule has 0 spiro atoms. The average molecular weight is 264 g/mol. The van der Waals surface area contributed by atoms with Crippen LogP contribution in [0, 0.1) is 0 Å². The van der Waals surface area contributed by atoms with E-state index in [1.54, 1.807) is 12.1 Å². The second-order valence-electron chi connectivity index (χ2n) is 3.69. The van der Waals surface area contributed by atoms with Gasteiger partial charge in [0.2, 0.25) is 0 Å². The topological polar surface area (TPSA) is 18.5 Å². The molecular formula is C11H11F3O2S. The van der Waals surface area contributed by atoms with Crippen LogP contribution < -0.4 is 4.18 Å². The van der Waals surface area contributed by atoms with Crippen LogP contribution in [0.15, 0.2) is 24.3 Å². The van der Waals surface area contributed by atoms with Crippen LogP contribution in [0.25, 0.3) is 0 Å². The smallest absolute Gasteiger partial charge is 0.417 e. The Hall–Kier alpha value is -0.880. The molecule has 17 heavy (non-hydrogen) atoms. The summed E-state index contributed by atoms with van der Waals surface area (Å²) in [5, 5.41) is 0. The van der Waals surface area contributed by atoms with Gasteiger partial charge in [0.15, 0.2) is 12.0 Å². The first-order valence-electron chi connectivity index (χ1n) is 5.18. The van der Waals surface area contributed by atoms with E-state index in [2.05, 4.69) is 4.18 Å². The summed E-state index contributed by atoms with van der Waals surface area (Å²) in [7, 11) is 0. The molecule has 1 aliphatic heterocycles. The van der Waals surface area contributed by atoms with Crippen LogP contribution in [0.1, 0.15) is 24.5 Å². The van der Waals surface area contributed by atoms with E-state index >= 15 is 0 Å².